The maximum absolute atomic E-state index is 12.8. The van der Waals surface area contributed by atoms with E-state index in [4.69, 9.17) is 14.9 Å². The molecule has 2 heterocycles. The van der Waals surface area contributed by atoms with Gasteiger partial charge in [-0.1, -0.05) is 57.2 Å². The molecular weight excluding hydrogens is 352 g/mol. The highest BCUT2D eigenvalue weighted by atomic mass is 16.5. The van der Waals surface area contributed by atoms with E-state index in [1.165, 1.54) is 0 Å². The van der Waals surface area contributed by atoms with E-state index in [-0.39, 0.29) is 16.9 Å². The number of hydrogen-bond donors (Lipinski definition) is 1. The predicted molar refractivity (Wildman–Crippen MR) is 107 cm³/mol. The lowest BCUT2D eigenvalue weighted by Gasteiger charge is -2.26. The molecule has 0 fully saturated rings. The number of fused-ring (bicyclic) bond motifs is 3. The molecular formula is C23H20N2O3. The average Bonchev–Trinajstić information content (AvgIpc) is 2.66. The summed E-state index contributed by atoms with van der Waals surface area (Å²) in [6, 6.07) is 17.1. The van der Waals surface area contributed by atoms with Crippen LogP contribution in [0, 0.1) is 11.3 Å². The summed E-state index contributed by atoms with van der Waals surface area (Å²) in [4.78, 5) is 12.8. The molecule has 4 rings (SSSR count). The highest BCUT2D eigenvalue weighted by Crippen LogP contribution is 2.43. The molecule has 5 heteroatoms. The normalized spacial score (nSPS) is 16.4. The number of benzene rings is 2. The van der Waals surface area contributed by atoms with Crippen LogP contribution in [0.1, 0.15) is 43.4 Å². The second kappa shape index (κ2) is 6.28. The molecule has 1 aromatic heterocycles. The van der Waals surface area contributed by atoms with Gasteiger partial charge >= 0.3 is 5.63 Å². The zero-order valence-corrected chi connectivity index (χ0v) is 15.9. The summed E-state index contributed by atoms with van der Waals surface area (Å²) in [5.41, 5.74) is 8.41. The number of rotatable bonds is 1. The van der Waals surface area contributed by atoms with E-state index in [2.05, 4.69) is 26.8 Å². The summed E-state index contributed by atoms with van der Waals surface area (Å²) in [7, 11) is 0. The minimum atomic E-state index is -0.636. The highest BCUT2D eigenvalue weighted by Gasteiger charge is 2.35. The van der Waals surface area contributed by atoms with Crippen molar-refractivity contribution in [3.8, 4) is 11.8 Å². The molecule has 2 N–H and O–H groups in total. The molecule has 0 saturated carbocycles. The molecule has 28 heavy (non-hydrogen) atoms. The van der Waals surface area contributed by atoms with Crippen molar-refractivity contribution in [1.82, 2.24) is 0 Å². The molecule has 1 aliphatic heterocycles. The van der Waals surface area contributed by atoms with Gasteiger partial charge in [-0.15, -0.1) is 0 Å². The van der Waals surface area contributed by atoms with E-state index < -0.39 is 11.5 Å². The van der Waals surface area contributed by atoms with Crippen LogP contribution in [0.2, 0.25) is 0 Å². The van der Waals surface area contributed by atoms with Crippen LogP contribution in [0.15, 0.2) is 69.2 Å². The van der Waals surface area contributed by atoms with Crippen LogP contribution in [0.3, 0.4) is 0 Å². The van der Waals surface area contributed by atoms with E-state index in [1.807, 2.05) is 36.4 Å². The molecule has 0 radical (unpaired) electrons. The van der Waals surface area contributed by atoms with Crippen LogP contribution in [-0.2, 0) is 5.41 Å². The lowest BCUT2D eigenvalue weighted by Crippen LogP contribution is -2.26. The third-order valence-electron chi connectivity index (χ3n) is 5.08. The van der Waals surface area contributed by atoms with Crippen LogP contribution in [0.5, 0.6) is 5.75 Å². The fourth-order valence-corrected chi connectivity index (χ4v) is 3.57. The lowest BCUT2D eigenvalue weighted by molar-refractivity contribution is 0.388. The van der Waals surface area contributed by atoms with Gasteiger partial charge in [-0.25, -0.2) is 4.79 Å². The minimum Gasteiger partial charge on any atom is -0.439 e. The summed E-state index contributed by atoms with van der Waals surface area (Å²) < 4.78 is 11.2. The highest BCUT2D eigenvalue weighted by molar-refractivity contribution is 5.86. The standard InChI is InChI=1S/C23H20N2O3/c1-23(2,3)14-10-8-13(9-11-14)18-16(12-24)21(25)28-20-15-6-4-5-7-17(15)27-22(26)19(18)20/h4-11,18H,25H2,1-3H3/t18-/m0/s1. The van der Waals surface area contributed by atoms with Crippen LogP contribution >= 0.6 is 0 Å². The minimum absolute atomic E-state index is 0.00569. The molecule has 1 atom stereocenters. The van der Waals surface area contributed by atoms with E-state index in [1.54, 1.807) is 12.1 Å². The lowest BCUT2D eigenvalue weighted by atomic mass is 9.81. The summed E-state index contributed by atoms with van der Waals surface area (Å²) in [5, 5.41) is 10.4. The van der Waals surface area contributed by atoms with Crippen molar-refractivity contribution in [2.45, 2.75) is 32.1 Å². The topological polar surface area (TPSA) is 89.3 Å². The number of hydrogen-bond acceptors (Lipinski definition) is 5. The van der Waals surface area contributed by atoms with Crippen molar-refractivity contribution in [3.05, 3.63) is 87.1 Å². The molecule has 0 amide bonds. The SMILES string of the molecule is CC(C)(C)c1ccc([C@H]2C(C#N)=C(N)Oc3c2c(=O)oc2ccccc32)cc1. The molecule has 5 nitrogen and oxygen atoms in total. The first kappa shape index (κ1) is 17.9. The maximum Gasteiger partial charge on any atom is 0.344 e. The molecule has 0 unspecified atom stereocenters. The summed E-state index contributed by atoms with van der Waals surface area (Å²) in [5.74, 6) is -0.271. The van der Waals surface area contributed by atoms with Crippen molar-refractivity contribution in [2.24, 2.45) is 5.73 Å². The number of allylic oxidation sites excluding steroid dienone is 1. The Morgan fingerprint density at radius 3 is 2.39 bits per heavy atom. The van der Waals surface area contributed by atoms with Crippen LogP contribution in [0.4, 0.5) is 0 Å². The molecule has 1 aliphatic rings. The Kier molecular flexibility index (Phi) is 4.01. The zero-order valence-electron chi connectivity index (χ0n) is 15.9. The van der Waals surface area contributed by atoms with Crippen LogP contribution in [-0.4, -0.2) is 0 Å². The number of para-hydroxylation sites is 1. The van der Waals surface area contributed by atoms with Crippen molar-refractivity contribution < 1.29 is 9.15 Å². The second-order valence-electron chi connectivity index (χ2n) is 7.93. The van der Waals surface area contributed by atoms with Gasteiger partial charge in [0, 0.05) is 0 Å². The number of nitrogens with zero attached hydrogens (tertiary/aromatic N) is 1. The molecule has 0 aliphatic carbocycles. The van der Waals surface area contributed by atoms with Gasteiger partial charge in [0.05, 0.1) is 16.9 Å². The number of nitriles is 1. The van der Waals surface area contributed by atoms with Gasteiger partial charge in [0.25, 0.3) is 0 Å². The van der Waals surface area contributed by atoms with Gasteiger partial charge in [-0.2, -0.15) is 5.26 Å². The van der Waals surface area contributed by atoms with Crippen molar-refractivity contribution >= 4 is 11.0 Å². The Morgan fingerprint density at radius 1 is 1.07 bits per heavy atom. The van der Waals surface area contributed by atoms with E-state index in [9.17, 15) is 10.1 Å². The van der Waals surface area contributed by atoms with E-state index in [0.717, 1.165) is 11.1 Å². The quantitative estimate of drug-likeness (QED) is 0.643. The third-order valence-corrected chi connectivity index (χ3v) is 5.08. The van der Waals surface area contributed by atoms with Crippen molar-refractivity contribution in [2.75, 3.05) is 0 Å². The summed E-state index contributed by atoms with van der Waals surface area (Å²) >= 11 is 0. The van der Waals surface area contributed by atoms with E-state index in [0.29, 0.717) is 22.3 Å². The Hall–Kier alpha value is -3.52. The summed E-state index contributed by atoms with van der Waals surface area (Å²) in [6.07, 6.45) is 0. The van der Waals surface area contributed by atoms with Gasteiger partial charge in [-0.05, 0) is 28.7 Å². The second-order valence-corrected chi connectivity index (χ2v) is 7.93. The Morgan fingerprint density at radius 2 is 1.75 bits per heavy atom. The van der Waals surface area contributed by atoms with Crippen LogP contribution < -0.4 is 16.1 Å². The third kappa shape index (κ3) is 2.74. The molecule has 0 bridgehead atoms. The van der Waals surface area contributed by atoms with Crippen molar-refractivity contribution in [1.29, 1.82) is 5.26 Å². The molecule has 2 aromatic carbocycles. The fourth-order valence-electron chi connectivity index (χ4n) is 3.57. The Labute approximate surface area is 162 Å². The molecule has 3 aromatic rings. The Balaban J connectivity index is 1.98. The zero-order chi connectivity index (χ0) is 20.1. The summed E-state index contributed by atoms with van der Waals surface area (Å²) in [6.45, 7) is 6.39. The monoisotopic (exact) mass is 372 g/mol. The van der Waals surface area contributed by atoms with Crippen LogP contribution in [0.25, 0.3) is 11.0 Å². The first-order valence-corrected chi connectivity index (χ1v) is 9.05. The van der Waals surface area contributed by atoms with Gasteiger partial charge < -0.3 is 14.9 Å². The molecule has 0 saturated heterocycles. The Bertz CT molecular complexity index is 1210. The smallest absolute Gasteiger partial charge is 0.344 e. The first-order chi connectivity index (χ1) is 13.3. The van der Waals surface area contributed by atoms with E-state index >= 15 is 0 Å². The van der Waals surface area contributed by atoms with Gasteiger partial charge in [0.1, 0.15) is 17.2 Å². The largest absolute Gasteiger partial charge is 0.439 e. The predicted octanol–water partition coefficient (Wildman–Crippen LogP) is 4.31. The van der Waals surface area contributed by atoms with Gasteiger partial charge in [-0.3, -0.25) is 0 Å². The number of ether oxygens (including phenoxy) is 1. The maximum atomic E-state index is 12.8. The van der Waals surface area contributed by atoms with Crippen molar-refractivity contribution in [3.63, 3.8) is 0 Å². The number of nitrogens with two attached hydrogens (primary N) is 1. The van der Waals surface area contributed by atoms with Gasteiger partial charge in [0.2, 0.25) is 5.88 Å². The fraction of sp³-hybridized carbons (Fsp3) is 0.217. The first-order valence-electron chi connectivity index (χ1n) is 9.05. The molecule has 140 valence electrons. The molecule has 0 spiro atoms. The van der Waals surface area contributed by atoms with Gasteiger partial charge in [0.15, 0.2) is 5.75 Å². The average molecular weight is 372 g/mol.